The maximum atomic E-state index is 5.36. The van der Waals surface area contributed by atoms with Gasteiger partial charge in [-0.15, -0.1) is 0 Å². The molecule has 0 aliphatic carbocycles. The van der Waals surface area contributed by atoms with E-state index in [1.165, 1.54) is 20.6 Å². The second-order valence-electron chi connectivity index (χ2n) is 10.5. The van der Waals surface area contributed by atoms with E-state index in [0.29, 0.717) is 5.95 Å². The van der Waals surface area contributed by atoms with Crippen LogP contribution in [0.25, 0.3) is 77.5 Å². The van der Waals surface area contributed by atoms with Crippen LogP contribution in [0.5, 0.6) is 0 Å². The molecule has 1 aliphatic rings. The maximum Gasteiger partial charge on any atom is 0.237 e. The first-order valence-electron chi connectivity index (χ1n) is 13.6. The third-order valence-corrected chi connectivity index (χ3v) is 9.45. The molecule has 6 heteroatoms. The fraction of sp³-hybridized carbons (Fsp3) is 0. The molecule has 0 fully saturated rings. The number of hydrogen-bond acceptors (Lipinski definition) is 4. The summed E-state index contributed by atoms with van der Waals surface area (Å²) in [5.74, 6) is 0.634. The molecule has 0 bridgehead atoms. The van der Waals surface area contributed by atoms with Crippen LogP contribution in [-0.2, 0) is 0 Å². The summed E-state index contributed by atoms with van der Waals surface area (Å²) >= 11 is 1.79. The summed E-state index contributed by atoms with van der Waals surface area (Å²) in [6.45, 7) is 0. The molecule has 0 N–H and O–H groups in total. The number of aromatic nitrogens is 5. The van der Waals surface area contributed by atoms with Crippen molar-refractivity contribution in [3.63, 3.8) is 0 Å². The Labute approximate surface area is 237 Å². The second-order valence-corrected chi connectivity index (χ2v) is 11.6. The Bertz CT molecular complexity index is 2580. The maximum absolute atomic E-state index is 5.36. The molecule has 9 aromatic rings. The highest BCUT2D eigenvalue weighted by Gasteiger charge is 2.26. The van der Waals surface area contributed by atoms with Crippen LogP contribution in [0.3, 0.4) is 0 Å². The van der Waals surface area contributed by atoms with Gasteiger partial charge in [0, 0.05) is 36.9 Å². The van der Waals surface area contributed by atoms with Gasteiger partial charge in [-0.25, -0.2) is 15.0 Å². The molecule has 0 spiro atoms. The summed E-state index contributed by atoms with van der Waals surface area (Å²) in [6, 6.07) is 40.5. The van der Waals surface area contributed by atoms with Gasteiger partial charge in [-0.05, 0) is 35.7 Å². The van der Waals surface area contributed by atoms with Gasteiger partial charge in [-0.1, -0.05) is 96.7 Å². The van der Waals surface area contributed by atoms with Crippen molar-refractivity contribution in [2.45, 2.75) is 9.79 Å². The lowest BCUT2D eigenvalue weighted by molar-refractivity contribution is 0.998. The van der Waals surface area contributed by atoms with E-state index in [4.69, 9.17) is 15.0 Å². The molecular weight excluding hydrogens is 522 g/mol. The number of nitrogens with zero attached hydrogens (tertiary/aromatic N) is 5. The van der Waals surface area contributed by atoms with Crippen molar-refractivity contribution in [3.8, 4) is 17.2 Å². The van der Waals surface area contributed by atoms with Crippen LogP contribution in [0.4, 0.5) is 0 Å². The topological polar surface area (TPSA) is 48.0 Å². The largest absolute Gasteiger partial charge is 0.289 e. The average Bonchev–Trinajstić information content (AvgIpc) is 3.57. The van der Waals surface area contributed by atoms with Crippen LogP contribution in [0.2, 0.25) is 0 Å². The first kappa shape index (κ1) is 21.6. The van der Waals surface area contributed by atoms with E-state index < -0.39 is 0 Å². The first-order valence-corrected chi connectivity index (χ1v) is 14.5. The Morgan fingerprint density at radius 2 is 1.22 bits per heavy atom. The quantitative estimate of drug-likeness (QED) is 0.195. The van der Waals surface area contributed by atoms with Gasteiger partial charge in [0.2, 0.25) is 5.95 Å². The highest BCUT2D eigenvalue weighted by Crippen LogP contribution is 2.47. The zero-order valence-electron chi connectivity index (χ0n) is 21.6. The fourth-order valence-corrected chi connectivity index (χ4v) is 7.71. The lowest BCUT2D eigenvalue weighted by Gasteiger charge is -2.19. The van der Waals surface area contributed by atoms with Gasteiger partial charge in [-0.3, -0.25) is 8.97 Å². The Balaban J connectivity index is 1.41. The number of benzene rings is 5. The van der Waals surface area contributed by atoms with Crippen LogP contribution in [0.1, 0.15) is 0 Å². The fourth-order valence-electron chi connectivity index (χ4n) is 6.61. The standard InChI is InChI=1S/C35H19N5S/c1-2-12-22-20(10-1)21-11-3-6-16-26(21)39-32-23-13-4-7-17-27(23)40(34(32)38-33(22)39)35-36-25-15-9-19-29-30(25)31(37-35)24-14-5-8-18-28(24)41-29/h1-19H. The third kappa shape index (κ3) is 2.74. The number of hydrogen-bond donors (Lipinski definition) is 0. The van der Waals surface area contributed by atoms with Crippen LogP contribution in [-0.4, -0.2) is 23.9 Å². The summed E-state index contributed by atoms with van der Waals surface area (Å²) < 4.78 is 4.47. The third-order valence-electron chi connectivity index (χ3n) is 8.31. The number of fused-ring (bicyclic) bond motifs is 12. The predicted octanol–water partition coefficient (Wildman–Crippen LogP) is 8.81. The minimum absolute atomic E-state index is 0.634. The number of imidazole rings is 1. The van der Waals surface area contributed by atoms with Crippen LogP contribution < -0.4 is 0 Å². The molecular formula is C35H19N5S. The summed E-state index contributed by atoms with van der Waals surface area (Å²) in [5.41, 5.74) is 8.10. The van der Waals surface area contributed by atoms with Crippen LogP contribution in [0, 0.1) is 0 Å². The van der Waals surface area contributed by atoms with Crippen molar-refractivity contribution in [3.05, 3.63) is 115 Å². The van der Waals surface area contributed by atoms with E-state index in [2.05, 4.69) is 124 Å². The zero-order chi connectivity index (χ0) is 26.7. The zero-order valence-corrected chi connectivity index (χ0v) is 22.4. The molecule has 0 unspecified atom stereocenters. The van der Waals surface area contributed by atoms with Gasteiger partial charge in [0.25, 0.3) is 0 Å². The molecule has 5 nitrogen and oxygen atoms in total. The summed E-state index contributed by atoms with van der Waals surface area (Å²) in [5, 5.41) is 5.77. The molecule has 4 aromatic heterocycles. The molecule has 0 atom stereocenters. The number of para-hydroxylation sites is 2. The lowest BCUT2D eigenvalue weighted by Crippen LogP contribution is -2.05. The molecule has 5 heterocycles. The monoisotopic (exact) mass is 541 g/mol. The van der Waals surface area contributed by atoms with Gasteiger partial charge >= 0.3 is 0 Å². The molecule has 190 valence electrons. The first-order chi connectivity index (χ1) is 20.3. The second kappa shape index (κ2) is 7.71. The van der Waals surface area contributed by atoms with Crippen molar-refractivity contribution in [2.75, 3.05) is 0 Å². The van der Waals surface area contributed by atoms with E-state index in [1.807, 2.05) is 0 Å². The lowest BCUT2D eigenvalue weighted by atomic mass is 10.1. The number of pyridine rings is 1. The molecule has 1 aliphatic heterocycles. The average molecular weight is 542 g/mol. The summed E-state index contributed by atoms with van der Waals surface area (Å²) in [7, 11) is 0. The minimum Gasteiger partial charge on any atom is -0.289 e. The molecule has 10 rings (SSSR count). The van der Waals surface area contributed by atoms with E-state index in [0.717, 1.165) is 60.8 Å². The van der Waals surface area contributed by atoms with E-state index in [1.54, 1.807) is 11.8 Å². The van der Waals surface area contributed by atoms with Gasteiger partial charge < -0.3 is 0 Å². The van der Waals surface area contributed by atoms with Crippen molar-refractivity contribution in [1.29, 1.82) is 0 Å². The Morgan fingerprint density at radius 1 is 0.512 bits per heavy atom. The summed E-state index contributed by atoms with van der Waals surface area (Å²) in [4.78, 5) is 18.2. The molecule has 5 aromatic carbocycles. The summed E-state index contributed by atoms with van der Waals surface area (Å²) in [6.07, 6.45) is 0. The molecule has 0 radical (unpaired) electrons. The van der Waals surface area contributed by atoms with E-state index in [-0.39, 0.29) is 0 Å². The van der Waals surface area contributed by atoms with Crippen LogP contribution >= 0.6 is 11.8 Å². The molecule has 0 saturated carbocycles. The van der Waals surface area contributed by atoms with Crippen LogP contribution in [0.15, 0.2) is 125 Å². The van der Waals surface area contributed by atoms with Crippen molar-refractivity contribution < 1.29 is 0 Å². The Hall–Kier alpha value is -5.20. The van der Waals surface area contributed by atoms with E-state index >= 15 is 0 Å². The molecule has 41 heavy (non-hydrogen) atoms. The van der Waals surface area contributed by atoms with Crippen molar-refractivity contribution in [2.24, 2.45) is 0 Å². The van der Waals surface area contributed by atoms with Crippen molar-refractivity contribution >= 4 is 72.1 Å². The number of rotatable bonds is 1. The Morgan fingerprint density at radius 3 is 2.12 bits per heavy atom. The Kier molecular flexibility index (Phi) is 4.06. The van der Waals surface area contributed by atoms with Gasteiger partial charge in [0.1, 0.15) is 11.2 Å². The highest BCUT2D eigenvalue weighted by atomic mass is 32.2. The normalized spacial score (nSPS) is 12.8. The predicted molar refractivity (Wildman–Crippen MR) is 167 cm³/mol. The van der Waals surface area contributed by atoms with E-state index in [9.17, 15) is 0 Å². The molecule has 0 amide bonds. The smallest absolute Gasteiger partial charge is 0.237 e. The van der Waals surface area contributed by atoms with Crippen molar-refractivity contribution in [1.82, 2.24) is 23.9 Å². The SMILES string of the molecule is c1ccc2c(c1)Sc1cccc3nc(-n4c5ccccc5c5c4nc4c6ccccc6c6ccccc6n45)nc-2c13. The van der Waals surface area contributed by atoms with Gasteiger partial charge in [0.05, 0.1) is 22.2 Å². The highest BCUT2D eigenvalue weighted by molar-refractivity contribution is 7.99. The van der Waals surface area contributed by atoms with Gasteiger partial charge in [0.15, 0.2) is 5.65 Å². The van der Waals surface area contributed by atoms with Gasteiger partial charge in [-0.2, -0.15) is 0 Å². The minimum atomic E-state index is 0.634. The molecule has 0 saturated heterocycles.